The molecule has 1 unspecified atom stereocenters. The first-order chi connectivity index (χ1) is 39.7. The van der Waals surface area contributed by atoms with Crippen molar-refractivity contribution in [1.82, 2.24) is 9.55 Å². The van der Waals surface area contributed by atoms with Crippen molar-refractivity contribution in [3.63, 3.8) is 0 Å². The molecule has 0 saturated heterocycles. The number of fused-ring (bicyclic) bond motifs is 7. The molecule has 5 nitrogen and oxygen atoms in total. The molecule has 10 aromatic rings. The third-order valence-corrected chi connectivity index (χ3v) is 24.7. The fraction of sp³-hybridized carbons (Fsp3) is 0.237. The molecule has 2 aromatic heterocycles. The van der Waals surface area contributed by atoms with E-state index in [1.165, 1.54) is 86.5 Å². The van der Waals surface area contributed by atoms with Crippen LogP contribution in [-0.2, 0) is 42.7 Å². The fourth-order valence-corrected chi connectivity index (χ4v) is 21.5. The van der Waals surface area contributed by atoms with Crippen LogP contribution in [-0.4, -0.2) is 17.6 Å². The van der Waals surface area contributed by atoms with Crippen molar-refractivity contribution in [2.45, 2.75) is 126 Å². The molecule has 0 amide bonds. The van der Waals surface area contributed by atoms with Crippen LogP contribution in [0.4, 0.5) is 22.7 Å². The molecule has 3 aliphatic heterocycles. The summed E-state index contributed by atoms with van der Waals surface area (Å²) in [6.07, 6.45) is 7.70. The predicted molar refractivity (Wildman–Crippen MR) is 350 cm³/mol. The van der Waals surface area contributed by atoms with Crippen LogP contribution in [0.15, 0.2) is 192 Å². The molecule has 8 heteroatoms. The number of hydrogen-bond acceptors (Lipinski definition) is 5. The van der Waals surface area contributed by atoms with Gasteiger partial charge in [-0.1, -0.05) is 209 Å². The first-order valence-corrected chi connectivity index (χ1v) is 32.3. The number of aromatic nitrogens is 2. The summed E-state index contributed by atoms with van der Waals surface area (Å²) in [6, 6.07) is 71.3. The van der Waals surface area contributed by atoms with Gasteiger partial charge in [0.05, 0.1) is 0 Å². The van der Waals surface area contributed by atoms with E-state index in [1.807, 2.05) is 24.0 Å². The Morgan fingerprint density at radius 1 is 0.548 bits per heavy atom. The van der Waals surface area contributed by atoms with Crippen molar-refractivity contribution in [1.29, 1.82) is 0 Å². The van der Waals surface area contributed by atoms with E-state index in [4.69, 9.17) is 9.72 Å². The zero-order chi connectivity index (χ0) is 57.5. The quantitative estimate of drug-likeness (QED) is 0.117. The van der Waals surface area contributed by atoms with Gasteiger partial charge in [-0.15, -0.1) is 53.3 Å². The van der Waals surface area contributed by atoms with E-state index >= 15 is 0 Å². The third-order valence-electron chi connectivity index (χ3n) is 17.8. The Hall–Kier alpha value is -7.15. The minimum absolute atomic E-state index is 0. The first-order valence-electron chi connectivity index (χ1n) is 29.4. The molecule has 0 saturated carbocycles. The zero-order valence-electron chi connectivity index (χ0n) is 50.2. The van der Waals surface area contributed by atoms with Crippen LogP contribution < -0.4 is 30.1 Å². The molecular formula is C76H71N4OPtSSi-3. The van der Waals surface area contributed by atoms with Gasteiger partial charge in [-0.2, -0.15) is 6.07 Å². The molecule has 84 heavy (non-hydrogen) atoms. The van der Waals surface area contributed by atoms with Crippen molar-refractivity contribution in [3.8, 4) is 39.6 Å². The van der Waals surface area contributed by atoms with Crippen LogP contribution in [0.1, 0.15) is 129 Å². The number of ether oxygens (including phenoxy) is 1. The summed E-state index contributed by atoms with van der Waals surface area (Å²) in [4.78, 5) is 12.6. The van der Waals surface area contributed by atoms with Gasteiger partial charge in [0.2, 0.25) is 0 Å². The summed E-state index contributed by atoms with van der Waals surface area (Å²) in [5, 5.41) is 5.65. The normalized spacial score (nSPS) is 15.7. The number of anilines is 4. The van der Waals surface area contributed by atoms with Crippen molar-refractivity contribution in [2.24, 2.45) is 0 Å². The fourth-order valence-electron chi connectivity index (χ4n) is 13.5. The summed E-state index contributed by atoms with van der Waals surface area (Å²) < 4.78 is 9.67. The van der Waals surface area contributed by atoms with Gasteiger partial charge in [-0.05, 0) is 132 Å². The van der Waals surface area contributed by atoms with Crippen LogP contribution >= 0.6 is 11.8 Å². The monoisotopic (exact) mass is 1310 g/mol. The smallest absolute Gasteiger partial charge is 0.135 e. The molecule has 1 atom stereocenters. The first kappa shape index (κ1) is 56.0. The molecule has 424 valence electrons. The molecule has 5 heterocycles. The van der Waals surface area contributed by atoms with Gasteiger partial charge < -0.3 is 19.1 Å². The standard InChI is InChI=1S/C76H71N4OSSi.Pt/c1-73(2,3)50-36-37-77-69(43-50)80-61-30-23-35-67-70(61)71-62(80)45-56(46-68(71)83(67)65-33-20-18-31-63(65)82-64-32-19-21-34-66(64)83)81-55-27-22-26-54(44-55)78-47-79(60-29-17-16-28-59(60)78)72-57(48-24-14-13-15-25-48)41-53(76(10,11)12)42-58(72)49-38-51(74(4,5)6)40-52(39-49)75(7,8)9;/h13-34,36-43,46-47,67H,35H2,1-12H3;/q-3;. The van der Waals surface area contributed by atoms with Gasteiger partial charge in [0, 0.05) is 82.4 Å². The molecule has 1 spiro atoms. The van der Waals surface area contributed by atoms with Crippen molar-refractivity contribution < 1.29 is 25.8 Å². The van der Waals surface area contributed by atoms with Crippen LogP contribution in [0, 0.1) is 18.8 Å². The van der Waals surface area contributed by atoms with Gasteiger partial charge >= 0.3 is 0 Å². The Morgan fingerprint density at radius 2 is 1.13 bits per heavy atom. The molecular weight excluding hydrogens is 1240 g/mol. The Bertz CT molecular complexity index is 4220. The van der Waals surface area contributed by atoms with Crippen LogP contribution in [0.5, 0.6) is 11.5 Å². The number of para-hydroxylation sites is 2. The van der Waals surface area contributed by atoms with Crippen LogP contribution in [0.25, 0.3) is 45.1 Å². The van der Waals surface area contributed by atoms with E-state index < -0.39 is 8.07 Å². The molecule has 0 fully saturated rings. The van der Waals surface area contributed by atoms with Crippen LogP contribution in [0.2, 0.25) is 0 Å². The van der Waals surface area contributed by atoms with E-state index in [0.717, 1.165) is 40.5 Å². The average Bonchev–Trinajstić information content (AvgIpc) is 1.49. The summed E-state index contributed by atoms with van der Waals surface area (Å²) in [5.41, 5.74) is 17.7. The molecule has 0 bridgehead atoms. The van der Waals surface area contributed by atoms with E-state index in [9.17, 15) is 0 Å². The van der Waals surface area contributed by atoms with Crippen molar-refractivity contribution in [3.05, 3.63) is 234 Å². The number of benzene rings is 8. The SMILES string of the molecule is CC(C)(C)c1cc(-c2cc(C(C)(C)C)cc(-c3ccccc3)c2N2[CH-]N(c3[c-]c(Oc4[c-]c5c6c(c4)[Si]4(c7ccccc7Sc7ccccc74)C4CC=Cc(c64)n5-c4cc(C(C)(C)C)ccn4)ccc3)c3ccccc32)cc(C(C)(C)C)c1.[Pt]. The number of nitrogens with zero attached hydrogens (tertiary/aromatic N) is 4. The topological polar surface area (TPSA) is 33.5 Å². The second kappa shape index (κ2) is 20.3. The summed E-state index contributed by atoms with van der Waals surface area (Å²) in [6.45, 7) is 30.1. The third kappa shape index (κ3) is 9.09. The Labute approximate surface area is 517 Å². The van der Waals surface area contributed by atoms with Crippen molar-refractivity contribution >= 4 is 75.1 Å². The Balaban J connectivity index is 0.00000658. The second-order valence-electron chi connectivity index (χ2n) is 27.3. The van der Waals surface area contributed by atoms with E-state index in [2.05, 4.69) is 292 Å². The molecule has 14 rings (SSSR count). The number of rotatable bonds is 7. The van der Waals surface area contributed by atoms with E-state index in [0.29, 0.717) is 11.5 Å². The van der Waals surface area contributed by atoms with Crippen molar-refractivity contribution in [2.75, 3.05) is 9.80 Å². The molecule has 8 aromatic carbocycles. The number of allylic oxidation sites excluding steroid dienone is 1. The minimum Gasteiger partial charge on any atom is -0.509 e. The van der Waals surface area contributed by atoms with Crippen LogP contribution in [0.3, 0.4) is 0 Å². The molecule has 0 radical (unpaired) electrons. The summed E-state index contributed by atoms with van der Waals surface area (Å²) >= 11 is 1.92. The minimum atomic E-state index is -2.78. The van der Waals surface area contributed by atoms with Gasteiger partial charge in [-0.25, -0.2) is 4.98 Å². The van der Waals surface area contributed by atoms with E-state index in [-0.39, 0.29) is 48.3 Å². The molecule has 0 N–H and O–H groups in total. The van der Waals surface area contributed by atoms with Gasteiger partial charge in [0.15, 0.2) is 0 Å². The second-order valence-corrected chi connectivity index (χ2v) is 32.3. The number of hydrogen-bond donors (Lipinski definition) is 0. The molecule has 4 aliphatic rings. The molecule has 1 aliphatic carbocycles. The maximum Gasteiger partial charge on any atom is 0.135 e. The van der Waals surface area contributed by atoms with Gasteiger partial charge in [-0.3, -0.25) is 0 Å². The Morgan fingerprint density at radius 3 is 1.77 bits per heavy atom. The predicted octanol–water partition coefficient (Wildman–Crippen LogP) is 18.3. The Kier molecular flexibility index (Phi) is 13.5. The summed E-state index contributed by atoms with van der Waals surface area (Å²) in [7, 11) is -2.78. The summed E-state index contributed by atoms with van der Waals surface area (Å²) in [5.74, 6) is 2.19. The zero-order valence-corrected chi connectivity index (χ0v) is 54.3. The maximum absolute atomic E-state index is 7.30. The maximum atomic E-state index is 7.30. The largest absolute Gasteiger partial charge is 0.509 e. The van der Waals surface area contributed by atoms with Gasteiger partial charge in [0.1, 0.15) is 13.9 Å². The van der Waals surface area contributed by atoms with E-state index in [1.54, 1.807) is 0 Å². The number of pyridine rings is 1. The average molecular weight is 1310 g/mol. The van der Waals surface area contributed by atoms with Gasteiger partial charge in [0.25, 0.3) is 0 Å².